The molecule has 0 unspecified atom stereocenters. The van der Waals surface area contributed by atoms with Gasteiger partial charge in [-0.1, -0.05) is 24.3 Å². The van der Waals surface area contributed by atoms with Crippen molar-refractivity contribution in [2.75, 3.05) is 23.3 Å². The number of para-hydroxylation sites is 1. The lowest BCUT2D eigenvalue weighted by Crippen LogP contribution is -2.10. The van der Waals surface area contributed by atoms with Crippen LogP contribution >= 0.6 is 0 Å². The van der Waals surface area contributed by atoms with Gasteiger partial charge in [0.2, 0.25) is 10.0 Å². The molecular weight excluding hydrogens is 262 g/mol. The lowest BCUT2D eigenvalue weighted by molar-refractivity contribution is 0.607. The topological polar surface area (TPSA) is 71.1 Å². The molecular formula is C13H15N3O2S. The molecule has 19 heavy (non-hydrogen) atoms. The van der Waals surface area contributed by atoms with Crippen LogP contribution in [0.25, 0.3) is 11.3 Å². The molecule has 0 bridgehead atoms. The summed E-state index contributed by atoms with van der Waals surface area (Å²) in [5.74, 6) is 0.728. The van der Waals surface area contributed by atoms with Gasteiger partial charge >= 0.3 is 0 Å². The van der Waals surface area contributed by atoms with E-state index in [1.165, 1.54) is 0 Å². The number of nitrogens with zero attached hydrogens (tertiary/aromatic N) is 1. The van der Waals surface area contributed by atoms with Gasteiger partial charge in [0.05, 0.1) is 17.6 Å². The average molecular weight is 277 g/mol. The first-order valence-electron chi connectivity index (χ1n) is 5.71. The zero-order valence-electron chi connectivity index (χ0n) is 10.7. The third-order valence-electron chi connectivity index (χ3n) is 2.50. The summed E-state index contributed by atoms with van der Waals surface area (Å²) in [6, 6.07) is 12.7. The number of benzene rings is 1. The Balaban J connectivity index is 2.49. The highest BCUT2D eigenvalue weighted by Crippen LogP contribution is 2.27. The molecule has 100 valence electrons. The first kappa shape index (κ1) is 13.4. The van der Waals surface area contributed by atoms with Crippen molar-refractivity contribution in [1.82, 2.24) is 4.98 Å². The second kappa shape index (κ2) is 5.27. The molecule has 0 spiro atoms. The Morgan fingerprint density at radius 3 is 2.47 bits per heavy atom. The summed E-state index contributed by atoms with van der Waals surface area (Å²) < 4.78 is 25.2. The predicted molar refractivity (Wildman–Crippen MR) is 77.7 cm³/mol. The molecule has 5 nitrogen and oxygen atoms in total. The summed E-state index contributed by atoms with van der Waals surface area (Å²) >= 11 is 0. The first-order valence-corrected chi connectivity index (χ1v) is 7.61. The SMILES string of the molecule is CNc1cccc(-c2ccccc2NS(C)(=O)=O)n1. The van der Waals surface area contributed by atoms with Gasteiger partial charge < -0.3 is 5.32 Å². The molecule has 6 heteroatoms. The minimum atomic E-state index is -3.32. The van der Waals surface area contributed by atoms with Crippen molar-refractivity contribution < 1.29 is 8.42 Å². The van der Waals surface area contributed by atoms with E-state index < -0.39 is 10.0 Å². The van der Waals surface area contributed by atoms with E-state index >= 15 is 0 Å². The van der Waals surface area contributed by atoms with Gasteiger partial charge in [-0.3, -0.25) is 4.72 Å². The minimum Gasteiger partial charge on any atom is -0.373 e. The maximum absolute atomic E-state index is 11.4. The van der Waals surface area contributed by atoms with Crippen molar-refractivity contribution in [2.45, 2.75) is 0 Å². The molecule has 1 aromatic heterocycles. The normalized spacial score (nSPS) is 11.1. The monoisotopic (exact) mass is 277 g/mol. The molecule has 0 radical (unpaired) electrons. The zero-order valence-corrected chi connectivity index (χ0v) is 11.5. The third kappa shape index (κ3) is 3.45. The van der Waals surface area contributed by atoms with Crippen LogP contribution in [0.1, 0.15) is 0 Å². The minimum absolute atomic E-state index is 0.519. The summed E-state index contributed by atoms with van der Waals surface area (Å²) in [6.07, 6.45) is 1.13. The Kier molecular flexibility index (Phi) is 3.71. The van der Waals surface area contributed by atoms with Crippen LogP contribution in [0.2, 0.25) is 0 Å². The van der Waals surface area contributed by atoms with E-state index in [0.717, 1.165) is 17.6 Å². The van der Waals surface area contributed by atoms with Crippen LogP contribution in [0.15, 0.2) is 42.5 Å². The molecule has 0 amide bonds. The quantitative estimate of drug-likeness (QED) is 0.898. The smallest absolute Gasteiger partial charge is 0.229 e. The van der Waals surface area contributed by atoms with Crippen LogP contribution < -0.4 is 10.0 Å². The number of hydrogen-bond acceptors (Lipinski definition) is 4. The van der Waals surface area contributed by atoms with Crippen molar-refractivity contribution in [3.63, 3.8) is 0 Å². The van der Waals surface area contributed by atoms with Crippen LogP contribution in [0.3, 0.4) is 0 Å². The van der Waals surface area contributed by atoms with Crippen molar-refractivity contribution >= 4 is 21.5 Å². The Morgan fingerprint density at radius 1 is 1.05 bits per heavy atom. The molecule has 1 heterocycles. The van der Waals surface area contributed by atoms with Crippen molar-refractivity contribution in [2.24, 2.45) is 0 Å². The fourth-order valence-corrected chi connectivity index (χ4v) is 2.30. The molecule has 0 aliphatic rings. The second-order valence-electron chi connectivity index (χ2n) is 4.08. The maximum Gasteiger partial charge on any atom is 0.229 e. The van der Waals surface area contributed by atoms with E-state index in [2.05, 4.69) is 15.0 Å². The predicted octanol–water partition coefficient (Wildman–Crippen LogP) is 2.16. The second-order valence-corrected chi connectivity index (χ2v) is 5.83. The highest BCUT2D eigenvalue weighted by Gasteiger charge is 2.09. The molecule has 2 aromatic rings. The van der Waals surface area contributed by atoms with Gasteiger partial charge in [-0.2, -0.15) is 0 Å². The lowest BCUT2D eigenvalue weighted by atomic mass is 10.1. The number of rotatable bonds is 4. The largest absolute Gasteiger partial charge is 0.373 e. The number of pyridine rings is 1. The molecule has 0 aliphatic carbocycles. The summed E-state index contributed by atoms with van der Waals surface area (Å²) in [7, 11) is -1.53. The Hall–Kier alpha value is -2.08. The van der Waals surface area contributed by atoms with Gasteiger partial charge in [0.1, 0.15) is 5.82 Å². The summed E-state index contributed by atoms with van der Waals surface area (Å²) in [5, 5.41) is 2.96. The molecule has 0 atom stereocenters. The van der Waals surface area contributed by atoms with E-state index in [1.807, 2.05) is 30.3 Å². The highest BCUT2D eigenvalue weighted by molar-refractivity contribution is 7.92. The van der Waals surface area contributed by atoms with E-state index in [9.17, 15) is 8.42 Å². The van der Waals surface area contributed by atoms with E-state index in [-0.39, 0.29) is 0 Å². The van der Waals surface area contributed by atoms with Crippen molar-refractivity contribution in [1.29, 1.82) is 0 Å². The maximum atomic E-state index is 11.4. The van der Waals surface area contributed by atoms with Crippen molar-refractivity contribution in [3.8, 4) is 11.3 Å². The van der Waals surface area contributed by atoms with Gasteiger partial charge in [0, 0.05) is 12.6 Å². The van der Waals surface area contributed by atoms with Crippen LogP contribution in [0, 0.1) is 0 Å². The number of nitrogens with one attached hydrogen (secondary N) is 2. The van der Waals surface area contributed by atoms with Crippen LogP contribution in [0.5, 0.6) is 0 Å². The van der Waals surface area contributed by atoms with Crippen LogP contribution in [0.4, 0.5) is 11.5 Å². The molecule has 0 saturated heterocycles. The van der Waals surface area contributed by atoms with E-state index in [4.69, 9.17) is 0 Å². The van der Waals surface area contributed by atoms with Crippen LogP contribution in [-0.4, -0.2) is 26.7 Å². The fraction of sp³-hybridized carbons (Fsp3) is 0.154. The Bertz CT molecular complexity index is 684. The van der Waals surface area contributed by atoms with Crippen molar-refractivity contribution in [3.05, 3.63) is 42.5 Å². The standard InChI is InChI=1S/C13H15N3O2S/c1-14-13-9-5-8-11(15-13)10-6-3-4-7-12(10)16-19(2,17)18/h3-9,16H,1-2H3,(H,14,15). The number of aromatic nitrogens is 1. The van der Waals surface area contributed by atoms with Gasteiger partial charge in [-0.05, 0) is 18.2 Å². The van der Waals surface area contributed by atoms with Gasteiger partial charge in [0.15, 0.2) is 0 Å². The van der Waals surface area contributed by atoms with E-state index in [0.29, 0.717) is 11.4 Å². The molecule has 0 saturated carbocycles. The van der Waals surface area contributed by atoms with Gasteiger partial charge in [-0.25, -0.2) is 13.4 Å². The molecule has 0 aliphatic heterocycles. The lowest BCUT2D eigenvalue weighted by Gasteiger charge is -2.10. The summed E-state index contributed by atoms with van der Waals surface area (Å²) in [6.45, 7) is 0. The van der Waals surface area contributed by atoms with E-state index in [1.54, 1.807) is 19.2 Å². The highest BCUT2D eigenvalue weighted by atomic mass is 32.2. The van der Waals surface area contributed by atoms with Gasteiger partial charge in [-0.15, -0.1) is 0 Å². The van der Waals surface area contributed by atoms with Gasteiger partial charge in [0.25, 0.3) is 0 Å². The molecule has 2 N–H and O–H groups in total. The molecule has 1 aromatic carbocycles. The summed E-state index contributed by atoms with van der Waals surface area (Å²) in [5.41, 5.74) is 1.97. The Morgan fingerprint density at radius 2 is 1.79 bits per heavy atom. The molecule has 0 fully saturated rings. The summed E-state index contributed by atoms with van der Waals surface area (Å²) in [4.78, 5) is 4.41. The fourth-order valence-electron chi connectivity index (χ4n) is 1.72. The first-order chi connectivity index (χ1) is 8.99. The zero-order chi connectivity index (χ0) is 13.9. The van der Waals surface area contributed by atoms with Crippen LogP contribution in [-0.2, 0) is 10.0 Å². The number of hydrogen-bond donors (Lipinski definition) is 2. The average Bonchev–Trinajstić information content (AvgIpc) is 2.37. The molecule has 2 rings (SSSR count). The number of sulfonamides is 1. The Labute approximate surface area is 112 Å². The number of anilines is 2. The third-order valence-corrected chi connectivity index (χ3v) is 3.09.